The summed E-state index contributed by atoms with van der Waals surface area (Å²) in [6.45, 7) is 0.852. The van der Waals surface area contributed by atoms with Crippen molar-refractivity contribution in [2.45, 2.75) is 13.1 Å². The first kappa shape index (κ1) is 19.1. The average molecular weight is 379 g/mol. The van der Waals surface area contributed by atoms with Gasteiger partial charge in [0.2, 0.25) is 5.95 Å². The number of ether oxygens (including phenoxy) is 2. The van der Waals surface area contributed by atoms with Gasteiger partial charge in [-0.2, -0.15) is 0 Å². The number of hydrogen-bond donors (Lipinski definition) is 2. The highest BCUT2D eigenvalue weighted by Crippen LogP contribution is 2.27. The molecule has 0 fully saturated rings. The minimum Gasteiger partial charge on any atom is -0.493 e. The summed E-state index contributed by atoms with van der Waals surface area (Å²) in [7, 11) is 3.19. The lowest BCUT2D eigenvalue weighted by atomic mass is 10.2. The predicted molar refractivity (Wildman–Crippen MR) is 104 cm³/mol. The van der Waals surface area contributed by atoms with E-state index in [1.54, 1.807) is 20.4 Å². The van der Waals surface area contributed by atoms with Crippen LogP contribution in [0.4, 0.5) is 5.95 Å². The second-order valence-corrected chi connectivity index (χ2v) is 5.84. The maximum Gasteiger partial charge on any atom is 0.254 e. The minimum atomic E-state index is -0.253. The molecule has 0 radical (unpaired) electrons. The normalized spacial score (nSPS) is 10.2. The lowest BCUT2D eigenvalue weighted by molar-refractivity contribution is 0.0949. The molecule has 0 saturated heterocycles. The third kappa shape index (κ3) is 4.94. The molecule has 3 rings (SSSR count). The van der Waals surface area contributed by atoms with E-state index in [0.717, 1.165) is 11.3 Å². The standard InChI is InChI=1S/C20H21N5O3/c1-27-17-7-6-14(9-18(17)28-2)10-23-20-24-11-15(12-25-20)19(26)22-13-16-5-3-4-8-21-16/h3-9,11-12H,10,13H2,1-2H3,(H,22,26)(H,23,24,25). The molecule has 8 heteroatoms. The van der Waals surface area contributed by atoms with E-state index in [0.29, 0.717) is 36.1 Å². The van der Waals surface area contributed by atoms with Crippen molar-refractivity contribution in [3.63, 3.8) is 0 Å². The Hall–Kier alpha value is -3.68. The minimum absolute atomic E-state index is 0.253. The number of anilines is 1. The number of carbonyl (C=O) groups is 1. The molecule has 2 heterocycles. The highest BCUT2D eigenvalue weighted by molar-refractivity contribution is 5.93. The Morgan fingerprint density at radius 3 is 2.43 bits per heavy atom. The number of aromatic nitrogens is 3. The molecule has 144 valence electrons. The first-order chi connectivity index (χ1) is 13.7. The van der Waals surface area contributed by atoms with Crippen LogP contribution < -0.4 is 20.1 Å². The summed E-state index contributed by atoms with van der Waals surface area (Å²) >= 11 is 0. The number of nitrogens with zero attached hydrogens (tertiary/aromatic N) is 3. The molecule has 2 N–H and O–H groups in total. The van der Waals surface area contributed by atoms with Gasteiger partial charge in [0.1, 0.15) is 0 Å². The number of rotatable bonds is 8. The van der Waals surface area contributed by atoms with E-state index < -0.39 is 0 Å². The number of hydrogen-bond acceptors (Lipinski definition) is 7. The molecule has 1 amide bonds. The van der Waals surface area contributed by atoms with Gasteiger partial charge in [0.05, 0.1) is 32.0 Å². The van der Waals surface area contributed by atoms with Gasteiger partial charge >= 0.3 is 0 Å². The summed E-state index contributed by atoms with van der Waals surface area (Å²) in [6.07, 6.45) is 4.65. The van der Waals surface area contributed by atoms with Crippen molar-refractivity contribution < 1.29 is 14.3 Å². The zero-order chi connectivity index (χ0) is 19.8. The van der Waals surface area contributed by atoms with Crippen molar-refractivity contribution in [3.05, 3.63) is 71.8 Å². The largest absolute Gasteiger partial charge is 0.493 e. The summed E-state index contributed by atoms with van der Waals surface area (Å²) in [4.78, 5) is 24.7. The van der Waals surface area contributed by atoms with E-state index in [1.807, 2.05) is 36.4 Å². The fourth-order valence-electron chi connectivity index (χ4n) is 2.48. The van der Waals surface area contributed by atoms with Crippen LogP contribution in [0.3, 0.4) is 0 Å². The number of methoxy groups -OCH3 is 2. The molecule has 3 aromatic rings. The van der Waals surface area contributed by atoms with Crippen LogP contribution in [-0.4, -0.2) is 35.1 Å². The maximum absolute atomic E-state index is 12.2. The van der Waals surface area contributed by atoms with E-state index in [1.165, 1.54) is 12.4 Å². The summed E-state index contributed by atoms with van der Waals surface area (Å²) < 4.78 is 10.5. The van der Waals surface area contributed by atoms with Crippen molar-refractivity contribution in [2.75, 3.05) is 19.5 Å². The van der Waals surface area contributed by atoms with Crippen LogP contribution >= 0.6 is 0 Å². The zero-order valence-electron chi connectivity index (χ0n) is 15.7. The molecular formula is C20H21N5O3. The molecule has 0 unspecified atom stereocenters. The highest BCUT2D eigenvalue weighted by Gasteiger charge is 2.08. The SMILES string of the molecule is COc1ccc(CNc2ncc(C(=O)NCc3ccccn3)cn2)cc1OC. The Morgan fingerprint density at radius 1 is 0.964 bits per heavy atom. The first-order valence-corrected chi connectivity index (χ1v) is 8.64. The summed E-state index contributed by atoms with van der Waals surface area (Å²) in [5.74, 6) is 1.50. The molecule has 28 heavy (non-hydrogen) atoms. The Labute approximate surface area is 163 Å². The fraction of sp³-hybridized carbons (Fsp3) is 0.200. The average Bonchev–Trinajstić information content (AvgIpc) is 2.76. The van der Waals surface area contributed by atoms with Crippen LogP contribution in [0.1, 0.15) is 21.6 Å². The Balaban J connectivity index is 1.55. The van der Waals surface area contributed by atoms with E-state index >= 15 is 0 Å². The lowest BCUT2D eigenvalue weighted by Gasteiger charge is -2.10. The molecule has 2 aromatic heterocycles. The van der Waals surface area contributed by atoms with Gasteiger partial charge in [-0.1, -0.05) is 12.1 Å². The molecule has 0 bridgehead atoms. The van der Waals surface area contributed by atoms with E-state index in [2.05, 4.69) is 25.6 Å². The monoisotopic (exact) mass is 379 g/mol. The maximum atomic E-state index is 12.2. The predicted octanol–water partition coefficient (Wildman–Crippen LogP) is 2.43. The van der Waals surface area contributed by atoms with Gasteiger partial charge in [0.15, 0.2) is 11.5 Å². The number of carbonyl (C=O) groups excluding carboxylic acids is 1. The fourth-order valence-corrected chi connectivity index (χ4v) is 2.48. The van der Waals surface area contributed by atoms with Crippen LogP contribution in [0.5, 0.6) is 11.5 Å². The first-order valence-electron chi connectivity index (χ1n) is 8.64. The van der Waals surface area contributed by atoms with E-state index in [-0.39, 0.29) is 5.91 Å². The van der Waals surface area contributed by atoms with Crippen molar-refractivity contribution in [2.24, 2.45) is 0 Å². The van der Waals surface area contributed by atoms with Crippen LogP contribution in [0.25, 0.3) is 0 Å². The highest BCUT2D eigenvalue weighted by atomic mass is 16.5. The quantitative estimate of drug-likeness (QED) is 0.620. The Kier molecular flexibility index (Phi) is 6.35. The van der Waals surface area contributed by atoms with E-state index in [9.17, 15) is 4.79 Å². The van der Waals surface area contributed by atoms with Crippen LogP contribution in [0, 0.1) is 0 Å². The van der Waals surface area contributed by atoms with Crippen molar-refractivity contribution in [1.29, 1.82) is 0 Å². The molecule has 1 aromatic carbocycles. The van der Waals surface area contributed by atoms with E-state index in [4.69, 9.17) is 9.47 Å². The summed E-state index contributed by atoms with van der Waals surface area (Å²) in [5.41, 5.74) is 2.15. The zero-order valence-corrected chi connectivity index (χ0v) is 15.7. The van der Waals surface area contributed by atoms with Crippen molar-refractivity contribution >= 4 is 11.9 Å². The molecule has 0 atom stereocenters. The topological polar surface area (TPSA) is 98.3 Å². The molecule has 8 nitrogen and oxygen atoms in total. The summed E-state index contributed by atoms with van der Waals surface area (Å²) in [5, 5.41) is 5.90. The molecule has 0 aliphatic heterocycles. The van der Waals surface area contributed by atoms with Crippen molar-refractivity contribution in [3.8, 4) is 11.5 Å². The number of pyridine rings is 1. The molecular weight excluding hydrogens is 358 g/mol. The lowest BCUT2D eigenvalue weighted by Crippen LogP contribution is -2.23. The van der Waals surface area contributed by atoms with Crippen LogP contribution in [0.15, 0.2) is 55.0 Å². The third-order valence-electron chi connectivity index (χ3n) is 3.97. The van der Waals surface area contributed by atoms with Gasteiger partial charge < -0.3 is 20.1 Å². The molecule has 0 spiro atoms. The van der Waals surface area contributed by atoms with Gasteiger partial charge in [0.25, 0.3) is 5.91 Å². The van der Waals surface area contributed by atoms with Gasteiger partial charge in [-0.15, -0.1) is 0 Å². The van der Waals surface area contributed by atoms with Gasteiger partial charge in [-0.25, -0.2) is 9.97 Å². The second kappa shape index (κ2) is 9.31. The summed E-state index contributed by atoms with van der Waals surface area (Å²) in [6, 6.07) is 11.2. The molecule has 0 aliphatic rings. The van der Waals surface area contributed by atoms with Gasteiger partial charge in [-0.3, -0.25) is 9.78 Å². The Morgan fingerprint density at radius 2 is 1.75 bits per heavy atom. The third-order valence-corrected chi connectivity index (χ3v) is 3.97. The number of amides is 1. The van der Waals surface area contributed by atoms with Gasteiger partial charge in [-0.05, 0) is 29.8 Å². The van der Waals surface area contributed by atoms with Gasteiger partial charge in [0, 0.05) is 25.1 Å². The smallest absolute Gasteiger partial charge is 0.254 e. The number of benzene rings is 1. The van der Waals surface area contributed by atoms with Crippen LogP contribution in [0.2, 0.25) is 0 Å². The van der Waals surface area contributed by atoms with Crippen LogP contribution in [-0.2, 0) is 13.1 Å². The molecule has 0 saturated carbocycles. The second-order valence-electron chi connectivity index (χ2n) is 5.84. The van der Waals surface area contributed by atoms with Crippen molar-refractivity contribution in [1.82, 2.24) is 20.3 Å². The Bertz CT molecular complexity index is 917. The molecule has 0 aliphatic carbocycles. The number of nitrogens with one attached hydrogen (secondary N) is 2.